The number of rotatable bonds is 42. The van der Waals surface area contributed by atoms with Crippen LogP contribution in [0.15, 0.2) is 59.6 Å². The van der Waals surface area contributed by atoms with Gasteiger partial charge in [-0.15, -0.1) is 0 Å². The molecule has 0 aromatic heterocycles. The summed E-state index contributed by atoms with van der Waals surface area (Å²) < 4.78 is 0. The maximum atomic E-state index is 14.2. The molecule has 492 valence electrons. The molecular formula is C57H86N14O18. The van der Waals surface area contributed by atoms with E-state index in [1.807, 2.05) is 0 Å². The fourth-order valence-electron chi connectivity index (χ4n) is 8.59. The first-order chi connectivity index (χ1) is 41.9. The molecule has 0 aliphatic heterocycles. The van der Waals surface area contributed by atoms with Crippen LogP contribution in [0.5, 0.6) is 5.75 Å². The smallest absolute Gasteiger partial charge is 0.326 e. The number of nitrogens with two attached hydrogens (primary N) is 4. The Morgan fingerprint density at radius 2 is 0.820 bits per heavy atom. The van der Waals surface area contributed by atoms with E-state index in [4.69, 9.17) is 22.9 Å². The van der Waals surface area contributed by atoms with E-state index >= 15 is 0 Å². The Labute approximate surface area is 513 Å². The van der Waals surface area contributed by atoms with Crippen LogP contribution in [0.3, 0.4) is 0 Å². The number of phenols is 1. The van der Waals surface area contributed by atoms with E-state index in [-0.39, 0.29) is 75.7 Å². The first-order valence-electron chi connectivity index (χ1n) is 28.8. The molecule has 0 spiro atoms. The second kappa shape index (κ2) is 39.4. The molecule has 89 heavy (non-hydrogen) atoms. The summed E-state index contributed by atoms with van der Waals surface area (Å²) in [6.07, 6.45) is -4.31. The topological polar surface area (TPSA) is 548 Å². The Kier molecular flexibility index (Phi) is 33.4. The van der Waals surface area contributed by atoms with Crippen LogP contribution in [-0.4, -0.2) is 182 Å². The highest BCUT2D eigenvalue weighted by atomic mass is 16.4. The molecular weight excluding hydrogens is 1170 g/mol. The van der Waals surface area contributed by atoms with Crippen molar-refractivity contribution in [3.63, 3.8) is 0 Å². The molecule has 22 N–H and O–H groups in total. The summed E-state index contributed by atoms with van der Waals surface area (Å²) in [5.74, 6) is -15.5. The van der Waals surface area contributed by atoms with Crippen molar-refractivity contribution in [1.29, 1.82) is 0 Å². The van der Waals surface area contributed by atoms with Gasteiger partial charge in [0.05, 0.1) is 6.04 Å². The van der Waals surface area contributed by atoms with Crippen LogP contribution in [-0.2, 0) is 75.2 Å². The van der Waals surface area contributed by atoms with Crippen LogP contribution in [0, 0.1) is 5.92 Å². The maximum absolute atomic E-state index is 14.2. The molecule has 9 amide bonds. The fourth-order valence-corrected chi connectivity index (χ4v) is 8.59. The number of aliphatic carboxylic acids is 4. The summed E-state index contributed by atoms with van der Waals surface area (Å²) in [7, 11) is 0. The van der Waals surface area contributed by atoms with E-state index in [9.17, 15) is 87.9 Å². The van der Waals surface area contributed by atoms with E-state index < -0.39 is 176 Å². The van der Waals surface area contributed by atoms with Gasteiger partial charge in [-0.2, -0.15) is 0 Å². The number of hydrogen-bond donors (Lipinski definition) is 18. The van der Waals surface area contributed by atoms with Crippen molar-refractivity contribution in [2.45, 2.75) is 178 Å². The normalized spacial score (nSPS) is 14.3. The zero-order valence-electron chi connectivity index (χ0n) is 50.2. The van der Waals surface area contributed by atoms with Crippen LogP contribution in [0.25, 0.3) is 0 Å². The van der Waals surface area contributed by atoms with Crippen molar-refractivity contribution in [3.05, 3.63) is 65.7 Å². The quantitative estimate of drug-likeness (QED) is 0.0177. The average Bonchev–Trinajstić information content (AvgIpc) is 2.63. The highest BCUT2D eigenvalue weighted by Gasteiger charge is 2.36. The molecule has 32 heteroatoms. The lowest BCUT2D eigenvalue weighted by molar-refractivity contribution is -0.142. The second-order valence-electron chi connectivity index (χ2n) is 21.6. The number of amides is 9. The third-order valence-electron chi connectivity index (χ3n) is 13.5. The minimum Gasteiger partial charge on any atom is -0.508 e. The lowest BCUT2D eigenvalue weighted by Gasteiger charge is -2.28. The van der Waals surface area contributed by atoms with Crippen LogP contribution >= 0.6 is 0 Å². The zero-order valence-corrected chi connectivity index (χ0v) is 50.2. The van der Waals surface area contributed by atoms with Crippen LogP contribution < -0.4 is 70.8 Å². The van der Waals surface area contributed by atoms with Crippen molar-refractivity contribution >= 4 is 83.0 Å². The van der Waals surface area contributed by atoms with Gasteiger partial charge >= 0.3 is 23.9 Å². The monoisotopic (exact) mass is 1250 g/mol. The molecule has 2 aromatic carbocycles. The Morgan fingerprint density at radius 3 is 1.26 bits per heavy atom. The molecule has 0 heterocycles. The Bertz CT molecular complexity index is 2770. The molecule has 0 aliphatic rings. The summed E-state index contributed by atoms with van der Waals surface area (Å²) >= 11 is 0. The zero-order chi connectivity index (χ0) is 66.9. The number of aromatic hydroxyl groups is 1. The Morgan fingerprint density at radius 1 is 0.438 bits per heavy atom. The molecule has 0 bridgehead atoms. The van der Waals surface area contributed by atoms with Gasteiger partial charge in [0, 0.05) is 32.2 Å². The first kappa shape index (κ1) is 75.6. The summed E-state index contributed by atoms with van der Waals surface area (Å²) in [6, 6.07) is -0.833. The molecule has 0 unspecified atom stereocenters. The number of carbonyl (C=O) groups is 13. The molecule has 0 saturated carbocycles. The van der Waals surface area contributed by atoms with Gasteiger partial charge in [0.25, 0.3) is 0 Å². The van der Waals surface area contributed by atoms with Crippen LogP contribution in [0.1, 0.15) is 116 Å². The molecule has 2 aromatic rings. The van der Waals surface area contributed by atoms with Crippen LogP contribution in [0.2, 0.25) is 0 Å². The number of carboxylic acid groups (broad SMARTS) is 4. The molecule has 32 nitrogen and oxygen atoms in total. The second-order valence-corrected chi connectivity index (χ2v) is 21.6. The third kappa shape index (κ3) is 30.1. The fraction of sp³-hybridized carbons (Fsp3) is 0.544. The molecule has 0 fully saturated rings. The number of aliphatic imine (C=N–C) groups is 1. The van der Waals surface area contributed by atoms with E-state index in [1.54, 1.807) is 44.2 Å². The van der Waals surface area contributed by atoms with Crippen molar-refractivity contribution < 1.29 is 87.9 Å². The molecule has 10 atom stereocenters. The summed E-state index contributed by atoms with van der Waals surface area (Å²) in [4.78, 5) is 176. The minimum atomic E-state index is -1.91. The van der Waals surface area contributed by atoms with E-state index in [2.05, 4.69) is 52.8 Å². The summed E-state index contributed by atoms with van der Waals surface area (Å²) in [6.45, 7) is 6.32. The highest BCUT2D eigenvalue weighted by molar-refractivity contribution is 5.99. The third-order valence-corrected chi connectivity index (χ3v) is 13.5. The summed E-state index contributed by atoms with van der Waals surface area (Å²) in [5.41, 5.74) is 23.6. The number of carbonyl (C=O) groups excluding carboxylic acids is 9. The molecule has 2 rings (SSSR count). The molecule has 0 radical (unpaired) electrons. The number of nitrogens with zero attached hydrogens (tertiary/aromatic N) is 1. The number of benzene rings is 2. The first-order valence-corrected chi connectivity index (χ1v) is 28.8. The number of phenolic OH excluding ortho intramolecular Hbond substituents is 1. The van der Waals surface area contributed by atoms with Gasteiger partial charge in [-0.1, -0.05) is 56.3 Å². The number of nitrogens with one attached hydrogen (secondary N) is 9. The number of hydrogen-bond acceptors (Lipinski definition) is 17. The molecule has 0 aliphatic carbocycles. The maximum Gasteiger partial charge on any atom is 0.326 e. The SMILES string of the molecule is CC(C)C[C@H](NC(=O)[C@H](C)NC(=O)[C@H](C)NC(=O)[C@@H](N)Cc1ccccc1)C(=O)N[C@@H](CCCCN)C(=O)N[C@@H](CCC(=O)O)C(=O)N[C@@H](CCC(=O)O)C(=O)N[C@@H](CCC(=O)O)C(=O)N[C@@H](Cc1ccc(O)cc1)C(=O)N[C@@H](CCCN=C(N)N)C(=O)O. The van der Waals surface area contributed by atoms with E-state index in [1.165, 1.54) is 38.1 Å². The number of guanidine groups is 1. The van der Waals surface area contributed by atoms with E-state index in [0.29, 0.717) is 12.0 Å². The van der Waals surface area contributed by atoms with Crippen molar-refractivity contribution in [1.82, 2.24) is 47.9 Å². The highest BCUT2D eigenvalue weighted by Crippen LogP contribution is 2.15. The predicted molar refractivity (Wildman–Crippen MR) is 319 cm³/mol. The summed E-state index contributed by atoms with van der Waals surface area (Å²) in [5, 5.41) is 70.5. The Hall–Kier alpha value is -9.46. The lowest BCUT2D eigenvalue weighted by atomic mass is 10.0. The van der Waals surface area contributed by atoms with Crippen molar-refractivity contribution in [2.24, 2.45) is 33.8 Å². The van der Waals surface area contributed by atoms with Gasteiger partial charge in [-0.3, -0.25) is 62.5 Å². The van der Waals surface area contributed by atoms with Gasteiger partial charge in [-0.25, -0.2) is 4.79 Å². The Balaban J connectivity index is 2.43. The number of carboxylic acids is 4. The van der Waals surface area contributed by atoms with Crippen LogP contribution in [0.4, 0.5) is 0 Å². The predicted octanol–water partition coefficient (Wildman–Crippen LogP) is -3.18. The minimum absolute atomic E-state index is 0.00346. The van der Waals surface area contributed by atoms with Crippen molar-refractivity contribution in [3.8, 4) is 5.75 Å². The van der Waals surface area contributed by atoms with Gasteiger partial charge in [0.1, 0.15) is 60.1 Å². The largest absolute Gasteiger partial charge is 0.508 e. The van der Waals surface area contributed by atoms with E-state index in [0.717, 1.165) is 5.56 Å². The van der Waals surface area contributed by atoms with Gasteiger partial charge in [0.15, 0.2) is 5.96 Å². The van der Waals surface area contributed by atoms with Crippen molar-refractivity contribution in [2.75, 3.05) is 13.1 Å². The van der Waals surface area contributed by atoms with Gasteiger partial charge in [-0.05, 0) is 114 Å². The van der Waals surface area contributed by atoms with Gasteiger partial charge < -0.3 is 96.3 Å². The molecule has 0 saturated heterocycles. The standard InChI is InChI=1S/C57H86N14O18/c1-30(2)27-42(70-48(80)32(4)63-47(79)31(3)64-49(81)36(59)28-33-11-6-5-7-12-33)54(86)65-37(13-8-9-25-58)50(82)66-38(19-22-44(73)74)51(83)67-39(20-23-45(75)76)52(84)68-40(21-24-46(77)78)53(85)71-43(29-34-15-17-35(72)18-16-34)55(87)69-41(56(88)89)14-10-26-62-57(60)61/h5-7,11-12,15-18,30-32,36-43,72H,8-10,13-14,19-29,58-59H2,1-4H3,(H,63,79)(H,64,81)(H,65,86)(H,66,82)(H,67,83)(H,68,84)(H,69,87)(H,70,80)(H,71,85)(H,73,74)(H,75,76)(H,77,78)(H,88,89)(H4,60,61,62)/t31-,32-,36-,37-,38-,39-,40-,41-,42-,43-/m0/s1. The average molecular weight is 1260 g/mol. The lowest BCUT2D eigenvalue weighted by Crippen LogP contribution is -2.60. The van der Waals surface area contributed by atoms with Gasteiger partial charge in [0.2, 0.25) is 53.2 Å². The number of unbranched alkanes of at least 4 members (excludes halogenated alkanes) is 1.